The van der Waals surface area contributed by atoms with Gasteiger partial charge in [0, 0.05) is 11.6 Å². The number of rotatable bonds is 6. The van der Waals surface area contributed by atoms with Gasteiger partial charge in [-0.15, -0.1) is 0 Å². The van der Waals surface area contributed by atoms with E-state index in [1.54, 1.807) is 6.07 Å². The topological polar surface area (TPSA) is 111 Å². The first-order chi connectivity index (χ1) is 11.8. The monoisotopic (exact) mass is 367 g/mol. The number of nitrogens with one attached hydrogen (secondary N) is 1. The third-order valence-corrected chi connectivity index (χ3v) is 4.18. The summed E-state index contributed by atoms with van der Waals surface area (Å²) in [5.74, 6) is 0.532. The second-order valence-corrected chi connectivity index (χ2v) is 6.31. The maximum absolute atomic E-state index is 12.5. The molecule has 2 rings (SSSR count). The summed E-state index contributed by atoms with van der Waals surface area (Å²) in [5.41, 5.74) is 0.319. The molecule has 0 radical (unpaired) electrons. The number of hydrogen-bond acceptors (Lipinski definition) is 6. The van der Waals surface area contributed by atoms with E-state index in [4.69, 9.17) is 18.8 Å². The molecule has 0 aromatic heterocycles. The van der Waals surface area contributed by atoms with Gasteiger partial charge in [0.2, 0.25) is 0 Å². The molecule has 2 aromatic rings. The fourth-order valence-electron chi connectivity index (χ4n) is 2.08. The van der Waals surface area contributed by atoms with E-state index in [1.165, 1.54) is 45.6 Å². The van der Waals surface area contributed by atoms with E-state index < -0.39 is 16.0 Å². The molecule has 0 aliphatic rings. The summed E-state index contributed by atoms with van der Waals surface area (Å²) in [6, 6.07) is 8.19. The normalized spacial score (nSPS) is 10.9. The van der Waals surface area contributed by atoms with Crippen LogP contribution in [-0.2, 0) is 10.1 Å². The van der Waals surface area contributed by atoms with E-state index in [0.29, 0.717) is 11.5 Å². The molecule has 8 nitrogen and oxygen atoms in total. The van der Waals surface area contributed by atoms with Crippen LogP contribution in [0.25, 0.3) is 0 Å². The molecule has 2 N–H and O–H groups in total. The van der Waals surface area contributed by atoms with Gasteiger partial charge >= 0.3 is 0 Å². The molecule has 0 spiro atoms. The van der Waals surface area contributed by atoms with Crippen molar-refractivity contribution in [1.82, 2.24) is 0 Å². The molecular formula is C16H17NO7S. The lowest BCUT2D eigenvalue weighted by molar-refractivity contribution is 0.102. The van der Waals surface area contributed by atoms with Crippen LogP contribution in [0.1, 0.15) is 10.4 Å². The number of benzene rings is 2. The Morgan fingerprint density at radius 2 is 1.56 bits per heavy atom. The Bertz CT molecular complexity index is 871. The molecule has 0 bridgehead atoms. The minimum absolute atomic E-state index is 0.0874. The Morgan fingerprint density at radius 1 is 0.960 bits per heavy atom. The maximum atomic E-state index is 12.5. The highest BCUT2D eigenvalue weighted by Gasteiger charge is 2.16. The van der Waals surface area contributed by atoms with Crippen LogP contribution in [0.3, 0.4) is 0 Å². The fraction of sp³-hybridized carbons (Fsp3) is 0.188. The Labute approximate surface area is 145 Å². The van der Waals surface area contributed by atoms with Crippen molar-refractivity contribution >= 4 is 21.7 Å². The molecule has 9 heteroatoms. The summed E-state index contributed by atoms with van der Waals surface area (Å²) in [5, 5.41) is 2.54. The van der Waals surface area contributed by atoms with Crippen molar-refractivity contribution in [2.24, 2.45) is 0 Å². The van der Waals surface area contributed by atoms with Gasteiger partial charge in [-0.05, 0) is 30.3 Å². The van der Waals surface area contributed by atoms with Crippen molar-refractivity contribution in [2.75, 3.05) is 26.6 Å². The van der Waals surface area contributed by atoms with E-state index in [1.807, 2.05) is 0 Å². The van der Waals surface area contributed by atoms with Crippen molar-refractivity contribution in [3.05, 3.63) is 42.0 Å². The third kappa shape index (κ3) is 4.40. The molecule has 0 atom stereocenters. The van der Waals surface area contributed by atoms with Crippen LogP contribution in [0.5, 0.6) is 17.2 Å². The summed E-state index contributed by atoms with van der Waals surface area (Å²) in [6.07, 6.45) is 0. The largest absolute Gasteiger partial charge is 0.497 e. The number of carbonyl (C=O) groups is 1. The van der Waals surface area contributed by atoms with Crippen LogP contribution >= 0.6 is 0 Å². The molecule has 0 aliphatic carbocycles. The first kappa shape index (κ1) is 18.6. The molecule has 0 saturated carbocycles. The Balaban J connectivity index is 2.40. The Morgan fingerprint density at radius 3 is 2.04 bits per heavy atom. The Kier molecular flexibility index (Phi) is 5.50. The van der Waals surface area contributed by atoms with Crippen molar-refractivity contribution in [1.29, 1.82) is 0 Å². The summed E-state index contributed by atoms with van der Waals surface area (Å²) >= 11 is 0. The zero-order valence-corrected chi connectivity index (χ0v) is 14.6. The van der Waals surface area contributed by atoms with Gasteiger partial charge in [0.15, 0.2) is 0 Å². The van der Waals surface area contributed by atoms with E-state index in [2.05, 4.69) is 5.32 Å². The second-order valence-electron chi connectivity index (χ2n) is 4.89. The number of methoxy groups -OCH3 is 3. The smallest absolute Gasteiger partial charge is 0.294 e. The molecular weight excluding hydrogens is 350 g/mol. The first-order valence-corrected chi connectivity index (χ1v) is 8.42. The van der Waals surface area contributed by atoms with Crippen molar-refractivity contribution in [3.8, 4) is 17.2 Å². The van der Waals surface area contributed by atoms with Gasteiger partial charge < -0.3 is 19.5 Å². The molecule has 0 fully saturated rings. The van der Waals surface area contributed by atoms with Crippen LogP contribution in [0, 0.1) is 0 Å². The van der Waals surface area contributed by atoms with Gasteiger partial charge in [-0.1, -0.05) is 0 Å². The molecule has 0 heterocycles. The molecule has 2 aromatic carbocycles. The first-order valence-electron chi connectivity index (χ1n) is 6.98. The predicted molar refractivity (Wildman–Crippen MR) is 90.3 cm³/mol. The molecule has 1 amide bonds. The lowest BCUT2D eigenvalue weighted by atomic mass is 10.1. The number of ether oxygens (including phenoxy) is 3. The fourth-order valence-corrected chi connectivity index (χ4v) is 2.59. The molecule has 134 valence electrons. The highest BCUT2D eigenvalue weighted by molar-refractivity contribution is 7.85. The average Bonchev–Trinajstić information content (AvgIpc) is 2.60. The van der Waals surface area contributed by atoms with Gasteiger partial charge in [0.05, 0.1) is 31.9 Å². The van der Waals surface area contributed by atoms with E-state index >= 15 is 0 Å². The number of amides is 1. The van der Waals surface area contributed by atoms with Crippen LogP contribution in [0.2, 0.25) is 0 Å². The third-order valence-electron chi connectivity index (χ3n) is 3.33. The van der Waals surface area contributed by atoms with Crippen molar-refractivity contribution < 1.29 is 32.0 Å². The summed E-state index contributed by atoms with van der Waals surface area (Å²) < 4.78 is 47.0. The molecule has 25 heavy (non-hydrogen) atoms. The minimum atomic E-state index is -4.42. The summed E-state index contributed by atoms with van der Waals surface area (Å²) in [4.78, 5) is 12.1. The average molecular weight is 367 g/mol. The standard InChI is InChI=1S/C16H17NO7S/c1-22-11-6-10(7-12(8-11)23-2)16(18)17-14-9-13(25(19,20)21)4-5-15(14)24-3/h4-9H,1-3H3,(H,17,18)(H,19,20,21). The maximum Gasteiger partial charge on any atom is 0.294 e. The van der Waals surface area contributed by atoms with E-state index in [9.17, 15) is 13.2 Å². The van der Waals surface area contributed by atoms with Crippen molar-refractivity contribution in [2.45, 2.75) is 4.90 Å². The summed E-state index contributed by atoms with van der Waals surface area (Å²) in [7, 11) is -0.144. The van der Waals surface area contributed by atoms with Gasteiger partial charge in [-0.2, -0.15) is 8.42 Å². The van der Waals surface area contributed by atoms with Gasteiger partial charge in [0.1, 0.15) is 17.2 Å². The van der Waals surface area contributed by atoms with Crippen LogP contribution in [0.15, 0.2) is 41.3 Å². The van der Waals surface area contributed by atoms with Gasteiger partial charge in [-0.25, -0.2) is 0 Å². The van der Waals surface area contributed by atoms with Crippen LogP contribution in [-0.4, -0.2) is 40.2 Å². The zero-order chi connectivity index (χ0) is 18.6. The minimum Gasteiger partial charge on any atom is -0.497 e. The SMILES string of the molecule is COc1cc(OC)cc(C(=O)Nc2cc(S(=O)(=O)O)ccc2OC)c1. The number of carbonyl (C=O) groups excluding carboxylic acids is 1. The van der Waals surface area contributed by atoms with E-state index in [0.717, 1.165) is 6.07 Å². The number of anilines is 1. The zero-order valence-electron chi connectivity index (χ0n) is 13.8. The highest BCUT2D eigenvalue weighted by Crippen LogP contribution is 2.29. The lowest BCUT2D eigenvalue weighted by Gasteiger charge is -2.12. The summed E-state index contributed by atoms with van der Waals surface area (Å²) in [6.45, 7) is 0. The predicted octanol–water partition coefficient (Wildman–Crippen LogP) is 2.21. The lowest BCUT2D eigenvalue weighted by Crippen LogP contribution is -2.13. The van der Waals surface area contributed by atoms with E-state index in [-0.39, 0.29) is 21.9 Å². The van der Waals surface area contributed by atoms with Crippen LogP contribution in [0.4, 0.5) is 5.69 Å². The van der Waals surface area contributed by atoms with Gasteiger partial charge in [-0.3, -0.25) is 9.35 Å². The Hall–Kier alpha value is -2.78. The number of hydrogen-bond donors (Lipinski definition) is 2. The van der Waals surface area contributed by atoms with Crippen molar-refractivity contribution in [3.63, 3.8) is 0 Å². The second kappa shape index (κ2) is 7.41. The molecule has 0 saturated heterocycles. The van der Waals surface area contributed by atoms with Gasteiger partial charge in [0.25, 0.3) is 16.0 Å². The van der Waals surface area contributed by atoms with Crippen LogP contribution < -0.4 is 19.5 Å². The quantitative estimate of drug-likeness (QED) is 0.753. The molecule has 0 aliphatic heterocycles. The molecule has 0 unspecified atom stereocenters. The highest BCUT2D eigenvalue weighted by atomic mass is 32.2.